The summed E-state index contributed by atoms with van der Waals surface area (Å²) in [6, 6.07) is 3.06. The van der Waals surface area contributed by atoms with Gasteiger partial charge in [-0.15, -0.1) is 0 Å². The van der Waals surface area contributed by atoms with Gasteiger partial charge >= 0.3 is 0 Å². The Kier molecular flexibility index (Phi) is 5.03. The second-order valence-electron chi connectivity index (χ2n) is 6.55. The molecule has 1 aliphatic rings. The normalized spacial score (nSPS) is 20.7. The molecule has 2 atom stereocenters. The minimum atomic E-state index is 0.236. The van der Waals surface area contributed by atoms with Gasteiger partial charge in [0.2, 0.25) is 0 Å². The van der Waals surface area contributed by atoms with Crippen molar-refractivity contribution < 1.29 is 0 Å². The molecule has 1 fully saturated rings. The van der Waals surface area contributed by atoms with E-state index in [1.807, 2.05) is 0 Å². The Labute approximate surface area is 117 Å². The van der Waals surface area contributed by atoms with Crippen molar-refractivity contribution >= 4 is 0 Å². The van der Waals surface area contributed by atoms with Crippen LogP contribution in [0.1, 0.15) is 64.6 Å². The quantitative estimate of drug-likeness (QED) is 0.883. The van der Waals surface area contributed by atoms with Crippen LogP contribution >= 0.6 is 0 Å². The molecular formula is C16H29N3. The lowest BCUT2D eigenvalue weighted by molar-refractivity contribution is 0.313. The molecular weight excluding hydrogens is 234 g/mol. The summed E-state index contributed by atoms with van der Waals surface area (Å²) in [7, 11) is 0. The first-order valence-corrected chi connectivity index (χ1v) is 7.87. The summed E-state index contributed by atoms with van der Waals surface area (Å²) < 4.78 is 2.20. The van der Waals surface area contributed by atoms with Gasteiger partial charge in [-0.1, -0.05) is 33.1 Å². The van der Waals surface area contributed by atoms with Crippen LogP contribution in [0.5, 0.6) is 0 Å². The van der Waals surface area contributed by atoms with Gasteiger partial charge in [-0.25, -0.2) is 0 Å². The molecule has 1 aromatic rings. The molecule has 1 aromatic heterocycles. The van der Waals surface area contributed by atoms with Crippen LogP contribution in [0, 0.1) is 11.8 Å². The fourth-order valence-corrected chi connectivity index (χ4v) is 3.31. The second-order valence-corrected chi connectivity index (χ2v) is 6.55. The van der Waals surface area contributed by atoms with Gasteiger partial charge in [0.1, 0.15) is 0 Å². The van der Waals surface area contributed by atoms with Crippen LogP contribution in [-0.2, 0) is 6.42 Å². The minimum absolute atomic E-state index is 0.236. The molecule has 0 aromatic carbocycles. The smallest absolute Gasteiger partial charge is 0.0628 e. The van der Waals surface area contributed by atoms with Crippen molar-refractivity contribution in [1.29, 1.82) is 0 Å². The lowest BCUT2D eigenvalue weighted by Crippen LogP contribution is -2.32. The lowest BCUT2D eigenvalue weighted by atomic mass is 9.86. The van der Waals surface area contributed by atoms with Gasteiger partial charge < -0.3 is 5.73 Å². The first-order chi connectivity index (χ1) is 9.08. The Morgan fingerprint density at radius 3 is 2.53 bits per heavy atom. The summed E-state index contributed by atoms with van der Waals surface area (Å²) in [6.45, 7) is 6.63. The van der Waals surface area contributed by atoms with Gasteiger partial charge in [0.15, 0.2) is 0 Å². The van der Waals surface area contributed by atoms with Crippen molar-refractivity contribution in [1.82, 2.24) is 9.78 Å². The summed E-state index contributed by atoms with van der Waals surface area (Å²) in [5.41, 5.74) is 7.31. The fourth-order valence-electron chi connectivity index (χ4n) is 3.31. The van der Waals surface area contributed by atoms with Crippen LogP contribution in [0.4, 0.5) is 0 Å². The predicted octanol–water partition coefficient (Wildman–Crippen LogP) is 3.55. The van der Waals surface area contributed by atoms with E-state index in [9.17, 15) is 0 Å². The fraction of sp³-hybridized carbons (Fsp3) is 0.812. The number of hydrogen-bond acceptors (Lipinski definition) is 2. The van der Waals surface area contributed by atoms with Gasteiger partial charge in [0.25, 0.3) is 0 Å². The molecule has 0 amide bonds. The highest BCUT2D eigenvalue weighted by Gasteiger charge is 2.21. The molecule has 1 aliphatic carbocycles. The topological polar surface area (TPSA) is 43.8 Å². The molecule has 3 nitrogen and oxygen atoms in total. The maximum absolute atomic E-state index is 6.10. The molecule has 3 heteroatoms. The molecule has 0 aliphatic heterocycles. The Balaban J connectivity index is 1.99. The standard InChI is InChI=1S/C16H29N3/c1-12(2)16(13(3)17)11-14-9-10-19(18-14)15-7-5-4-6-8-15/h9-10,12-13,15-16H,4-8,11,17H2,1-3H3. The molecule has 1 saturated carbocycles. The average Bonchev–Trinajstić information content (AvgIpc) is 2.85. The highest BCUT2D eigenvalue weighted by molar-refractivity contribution is 5.02. The monoisotopic (exact) mass is 263 g/mol. The first kappa shape index (κ1) is 14.6. The van der Waals surface area contributed by atoms with Crippen LogP contribution in [0.25, 0.3) is 0 Å². The molecule has 2 unspecified atom stereocenters. The highest BCUT2D eigenvalue weighted by Crippen LogP contribution is 2.28. The molecule has 0 bridgehead atoms. The number of nitrogens with zero attached hydrogens (tertiary/aromatic N) is 2. The van der Waals surface area contributed by atoms with Crippen molar-refractivity contribution in [3.8, 4) is 0 Å². The number of aromatic nitrogens is 2. The van der Waals surface area contributed by atoms with E-state index in [0.29, 0.717) is 17.9 Å². The van der Waals surface area contributed by atoms with Crippen LogP contribution < -0.4 is 5.73 Å². The van der Waals surface area contributed by atoms with E-state index in [1.165, 1.54) is 37.8 Å². The van der Waals surface area contributed by atoms with Crippen LogP contribution in [0.3, 0.4) is 0 Å². The maximum atomic E-state index is 6.10. The van der Waals surface area contributed by atoms with Crippen molar-refractivity contribution in [3.05, 3.63) is 18.0 Å². The lowest BCUT2D eigenvalue weighted by Gasteiger charge is -2.24. The summed E-state index contributed by atoms with van der Waals surface area (Å²) in [5, 5.41) is 4.80. The third kappa shape index (κ3) is 3.82. The van der Waals surface area contributed by atoms with Gasteiger partial charge in [-0.2, -0.15) is 5.10 Å². The van der Waals surface area contributed by atoms with Crippen molar-refractivity contribution in [2.45, 2.75) is 71.4 Å². The predicted molar refractivity (Wildman–Crippen MR) is 80.0 cm³/mol. The summed E-state index contributed by atoms with van der Waals surface area (Å²) >= 11 is 0. The van der Waals surface area contributed by atoms with Crippen molar-refractivity contribution in [2.24, 2.45) is 17.6 Å². The maximum Gasteiger partial charge on any atom is 0.0628 e. The zero-order valence-corrected chi connectivity index (χ0v) is 12.7. The van der Waals surface area contributed by atoms with E-state index >= 15 is 0 Å². The van der Waals surface area contributed by atoms with Gasteiger partial charge in [-0.3, -0.25) is 4.68 Å². The molecule has 2 rings (SSSR count). The summed E-state index contributed by atoms with van der Waals surface area (Å²) in [6.07, 6.45) is 9.87. The van der Waals surface area contributed by atoms with Crippen molar-refractivity contribution in [2.75, 3.05) is 0 Å². The Morgan fingerprint density at radius 2 is 1.95 bits per heavy atom. The summed E-state index contributed by atoms with van der Waals surface area (Å²) in [5.74, 6) is 1.13. The summed E-state index contributed by atoms with van der Waals surface area (Å²) in [4.78, 5) is 0. The van der Waals surface area contributed by atoms with Crippen molar-refractivity contribution in [3.63, 3.8) is 0 Å². The van der Waals surface area contributed by atoms with Crippen LogP contribution in [0.2, 0.25) is 0 Å². The molecule has 19 heavy (non-hydrogen) atoms. The Morgan fingerprint density at radius 1 is 1.26 bits per heavy atom. The molecule has 2 N–H and O–H groups in total. The van der Waals surface area contributed by atoms with Gasteiger partial charge in [0, 0.05) is 12.2 Å². The van der Waals surface area contributed by atoms with E-state index in [0.717, 1.165) is 6.42 Å². The van der Waals surface area contributed by atoms with Gasteiger partial charge in [0.05, 0.1) is 11.7 Å². The average molecular weight is 263 g/mol. The molecule has 108 valence electrons. The Bertz CT molecular complexity index is 367. The minimum Gasteiger partial charge on any atom is -0.328 e. The first-order valence-electron chi connectivity index (χ1n) is 7.87. The third-order valence-corrected chi connectivity index (χ3v) is 4.59. The largest absolute Gasteiger partial charge is 0.328 e. The second kappa shape index (κ2) is 6.56. The highest BCUT2D eigenvalue weighted by atomic mass is 15.3. The number of nitrogens with two attached hydrogens (primary N) is 1. The SMILES string of the molecule is CC(C)C(Cc1ccn(C2CCCCC2)n1)C(C)N. The zero-order valence-electron chi connectivity index (χ0n) is 12.7. The van der Waals surface area contributed by atoms with Gasteiger partial charge in [-0.05, 0) is 44.1 Å². The zero-order chi connectivity index (χ0) is 13.8. The van der Waals surface area contributed by atoms with Crippen LogP contribution in [-0.4, -0.2) is 15.8 Å². The van der Waals surface area contributed by atoms with E-state index in [4.69, 9.17) is 10.8 Å². The molecule has 0 saturated heterocycles. The molecule has 0 spiro atoms. The van der Waals surface area contributed by atoms with E-state index in [1.54, 1.807) is 0 Å². The third-order valence-electron chi connectivity index (χ3n) is 4.59. The molecule has 0 radical (unpaired) electrons. The van der Waals surface area contributed by atoms with Crippen LogP contribution in [0.15, 0.2) is 12.3 Å². The van der Waals surface area contributed by atoms with E-state index in [-0.39, 0.29) is 6.04 Å². The number of hydrogen-bond donors (Lipinski definition) is 1. The molecule has 1 heterocycles. The van der Waals surface area contributed by atoms with E-state index < -0.39 is 0 Å². The Hall–Kier alpha value is -0.830. The van der Waals surface area contributed by atoms with E-state index in [2.05, 4.69) is 37.7 Å². The number of rotatable bonds is 5.